The second kappa shape index (κ2) is 6.77. The van der Waals surface area contributed by atoms with E-state index in [1.807, 2.05) is 24.3 Å². The first-order valence-electron chi connectivity index (χ1n) is 8.81. The van der Waals surface area contributed by atoms with Crippen molar-refractivity contribution in [2.45, 2.75) is 18.9 Å². The number of sulfone groups is 1. The fourth-order valence-electron chi connectivity index (χ4n) is 3.54. The van der Waals surface area contributed by atoms with E-state index in [2.05, 4.69) is 10.3 Å². The number of nitrogens with one attached hydrogen (secondary N) is 1. The summed E-state index contributed by atoms with van der Waals surface area (Å²) < 4.78 is 23.1. The molecule has 140 valence electrons. The maximum absolute atomic E-state index is 12.9. The Balaban J connectivity index is 1.51. The smallest absolute Gasteiger partial charge is 0.276 e. The van der Waals surface area contributed by atoms with Gasteiger partial charge in [-0.25, -0.2) is 13.4 Å². The third-order valence-corrected chi connectivity index (χ3v) is 6.67. The molecule has 4 rings (SSSR count). The number of pyridine rings is 1. The zero-order chi connectivity index (χ0) is 19.0. The molecule has 1 aromatic carbocycles. The van der Waals surface area contributed by atoms with Gasteiger partial charge >= 0.3 is 0 Å². The van der Waals surface area contributed by atoms with Crippen LogP contribution in [0.3, 0.4) is 0 Å². The number of para-hydroxylation sites is 1. The molecule has 2 aromatic rings. The normalized spacial score (nSPS) is 20.3. The highest BCUT2D eigenvalue weighted by atomic mass is 32.2. The van der Waals surface area contributed by atoms with E-state index in [1.54, 1.807) is 17.0 Å². The van der Waals surface area contributed by atoms with Gasteiger partial charge in [-0.3, -0.25) is 9.59 Å². The predicted molar refractivity (Wildman–Crippen MR) is 101 cm³/mol. The minimum Gasteiger partial charge on any atom is -0.347 e. The Labute approximate surface area is 157 Å². The summed E-state index contributed by atoms with van der Waals surface area (Å²) in [5.41, 5.74) is 2.29. The van der Waals surface area contributed by atoms with Gasteiger partial charge in [-0.15, -0.1) is 0 Å². The highest BCUT2D eigenvalue weighted by Crippen LogP contribution is 2.28. The fraction of sp³-hybridized carbons (Fsp3) is 0.316. The molecular weight excluding hydrogens is 366 g/mol. The van der Waals surface area contributed by atoms with Crippen molar-refractivity contribution in [2.24, 2.45) is 0 Å². The van der Waals surface area contributed by atoms with Crippen LogP contribution in [-0.2, 0) is 16.3 Å². The Morgan fingerprint density at radius 3 is 2.63 bits per heavy atom. The third kappa shape index (κ3) is 3.57. The largest absolute Gasteiger partial charge is 0.347 e. The molecule has 0 saturated carbocycles. The molecule has 2 aliphatic rings. The first-order chi connectivity index (χ1) is 12.9. The number of amides is 2. The van der Waals surface area contributed by atoms with Gasteiger partial charge in [0.25, 0.3) is 11.8 Å². The summed E-state index contributed by atoms with van der Waals surface area (Å²) in [5, 5.41) is 2.70. The van der Waals surface area contributed by atoms with Crippen LogP contribution in [0.1, 0.15) is 33.0 Å². The zero-order valence-electron chi connectivity index (χ0n) is 14.6. The molecule has 1 unspecified atom stereocenters. The van der Waals surface area contributed by atoms with E-state index in [4.69, 9.17) is 0 Å². The summed E-state index contributed by atoms with van der Waals surface area (Å²) in [6, 6.07) is 12.0. The lowest BCUT2D eigenvalue weighted by Crippen LogP contribution is -2.36. The van der Waals surface area contributed by atoms with E-state index in [0.717, 1.165) is 17.7 Å². The van der Waals surface area contributed by atoms with E-state index in [1.165, 1.54) is 6.07 Å². The average Bonchev–Trinajstić information content (AvgIpc) is 3.24. The van der Waals surface area contributed by atoms with Crippen LogP contribution in [0.2, 0.25) is 0 Å². The standard InChI is InChI=1S/C19H19N3O4S/c23-18(20-14-9-11-27(25,26)12-14)15-5-3-6-16(21-15)19(24)22-10-8-13-4-1-2-7-17(13)22/h1-7,14H,8-12H2,(H,20,23). The van der Waals surface area contributed by atoms with Crippen molar-refractivity contribution in [1.29, 1.82) is 0 Å². The van der Waals surface area contributed by atoms with Crippen LogP contribution < -0.4 is 10.2 Å². The maximum Gasteiger partial charge on any atom is 0.276 e. The second-order valence-electron chi connectivity index (χ2n) is 6.82. The third-order valence-electron chi connectivity index (χ3n) is 4.90. The van der Waals surface area contributed by atoms with Crippen molar-refractivity contribution in [3.8, 4) is 0 Å². The van der Waals surface area contributed by atoms with Gasteiger partial charge in [0.05, 0.1) is 11.5 Å². The van der Waals surface area contributed by atoms with Crippen LogP contribution in [-0.4, -0.2) is 49.3 Å². The molecule has 3 heterocycles. The summed E-state index contributed by atoms with van der Waals surface area (Å²) in [6.45, 7) is 0.580. The first-order valence-corrected chi connectivity index (χ1v) is 10.6. The van der Waals surface area contributed by atoms with Crippen LogP contribution >= 0.6 is 0 Å². The Morgan fingerprint density at radius 1 is 1.07 bits per heavy atom. The summed E-state index contributed by atoms with van der Waals surface area (Å²) in [7, 11) is -3.08. The number of hydrogen-bond donors (Lipinski definition) is 1. The summed E-state index contributed by atoms with van der Waals surface area (Å²) in [4.78, 5) is 31.2. The van der Waals surface area contributed by atoms with Crippen molar-refractivity contribution >= 4 is 27.3 Å². The van der Waals surface area contributed by atoms with Crippen molar-refractivity contribution in [2.75, 3.05) is 23.0 Å². The topological polar surface area (TPSA) is 96.4 Å². The van der Waals surface area contributed by atoms with Crippen molar-refractivity contribution in [3.05, 3.63) is 59.4 Å². The number of nitrogens with zero attached hydrogens (tertiary/aromatic N) is 2. The molecule has 1 aromatic heterocycles. The number of carbonyl (C=O) groups excluding carboxylic acids is 2. The molecular formula is C19H19N3O4S. The van der Waals surface area contributed by atoms with Gasteiger partial charge in [0.2, 0.25) is 0 Å². The minimum absolute atomic E-state index is 0.0536. The zero-order valence-corrected chi connectivity index (χ0v) is 15.4. The first kappa shape index (κ1) is 17.7. The van der Waals surface area contributed by atoms with E-state index in [0.29, 0.717) is 13.0 Å². The Bertz CT molecular complexity index is 1020. The Hall–Kier alpha value is -2.74. The molecule has 0 spiro atoms. The van der Waals surface area contributed by atoms with Crippen molar-refractivity contribution < 1.29 is 18.0 Å². The van der Waals surface area contributed by atoms with Gasteiger partial charge < -0.3 is 10.2 Å². The molecule has 7 nitrogen and oxygen atoms in total. The molecule has 1 atom stereocenters. The Morgan fingerprint density at radius 2 is 1.85 bits per heavy atom. The molecule has 0 aliphatic carbocycles. The molecule has 2 aliphatic heterocycles. The lowest BCUT2D eigenvalue weighted by molar-refractivity contribution is 0.0935. The molecule has 1 N–H and O–H groups in total. The van der Waals surface area contributed by atoms with Crippen LogP contribution in [0.4, 0.5) is 5.69 Å². The predicted octanol–water partition coefficient (Wildman–Crippen LogP) is 1.20. The van der Waals surface area contributed by atoms with E-state index in [9.17, 15) is 18.0 Å². The Kier molecular flexibility index (Phi) is 4.43. The number of carbonyl (C=O) groups is 2. The maximum atomic E-state index is 12.9. The molecule has 0 radical (unpaired) electrons. The van der Waals surface area contributed by atoms with Gasteiger partial charge in [-0.05, 0) is 36.6 Å². The van der Waals surface area contributed by atoms with Crippen LogP contribution in [0.5, 0.6) is 0 Å². The SMILES string of the molecule is O=C(NC1CCS(=O)(=O)C1)c1cccc(C(=O)N2CCc3ccccc32)n1. The molecule has 2 amide bonds. The van der Waals surface area contributed by atoms with E-state index in [-0.39, 0.29) is 28.8 Å². The molecule has 8 heteroatoms. The monoisotopic (exact) mass is 385 g/mol. The molecule has 0 bridgehead atoms. The fourth-order valence-corrected chi connectivity index (χ4v) is 5.21. The average molecular weight is 385 g/mol. The van der Waals surface area contributed by atoms with Gasteiger partial charge in [0.15, 0.2) is 9.84 Å². The van der Waals surface area contributed by atoms with Crippen LogP contribution in [0.25, 0.3) is 0 Å². The van der Waals surface area contributed by atoms with Gasteiger partial charge in [-0.1, -0.05) is 24.3 Å². The van der Waals surface area contributed by atoms with Crippen LogP contribution in [0, 0.1) is 0 Å². The number of aromatic nitrogens is 1. The quantitative estimate of drug-likeness (QED) is 0.856. The number of benzene rings is 1. The second-order valence-corrected chi connectivity index (χ2v) is 9.05. The molecule has 1 saturated heterocycles. The van der Waals surface area contributed by atoms with Crippen molar-refractivity contribution in [3.63, 3.8) is 0 Å². The number of hydrogen-bond acceptors (Lipinski definition) is 5. The lowest BCUT2D eigenvalue weighted by Gasteiger charge is -2.17. The molecule has 27 heavy (non-hydrogen) atoms. The van der Waals surface area contributed by atoms with Crippen LogP contribution in [0.15, 0.2) is 42.5 Å². The number of rotatable bonds is 3. The van der Waals surface area contributed by atoms with Gasteiger partial charge in [0.1, 0.15) is 11.4 Å². The summed E-state index contributed by atoms with van der Waals surface area (Å²) in [6.07, 6.45) is 1.19. The number of anilines is 1. The highest BCUT2D eigenvalue weighted by molar-refractivity contribution is 7.91. The summed E-state index contributed by atoms with van der Waals surface area (Å²) >= 11 is 0. The van der Waals surface area contributed by atoms with Gasteiger partial charge in [0, 0.05) is 18.3 Å². The number of fused-ring (bicyclic) bond motifs is 1. The lowest BCUT2D eigenvalue weighted by atomic mass is 10.2. The summed E-state index contributed by atoms with van der Waals surface area (Å²) in [5.74, 6) is -0.688. The highest BCUT2D eigenvalue weighted by Gasteiger charge is 2.30. The van der Waals surface area contributed by atoms with Gasteiger partial charge in [-0.2, -0.15) is 0 Å². The van der Waals surface area contributed by atoms with E-state index < -0.39 is 21.8 Å². The van der Waals surface area contributed by atoms with E-state index >= 15 is 0 Å². The van der Waals surface area contributed by atoms with Crippen molar-refractivity contribution in [1.82, 2.24) is 10.3 Å². The molecule has 1 fully saturated rings. The minimum atomic E-state index is -3.08.